The van der Waals surface area contributed by atoms with Crippen LogP contribution in [-0.2, 0) is 0 Å². The molecule has 1 amide bonds. The number of alkyl halides is 2. The number of piperidine rings is 1. The summed E-state index contributed by atoms with van der Waals surface area (Å²) in [4.78, 5) is 24.2. The molecule has 0 saturated carbocycles. The van der Waals surface area contributed by atoms with Crippen LogP contribution in [0.3, 0.4) is 0 Å². The van der Waals surface area contributed by atoms with Crippen molar-refractivity contribution in [2.45, 2.75) is 18.8 Å². The summed E-state index contributed by atoms with van der Waals surface area (Å²) >= 11 is 0. The highest BCUT2D eigenvalue weighted by Crippen LogP contribution is 2.28. The molecule has 1 aliphatic rings. The Hall–Kier alpha value is -1.98. The summed E-state index contributed by atoms with van der Waals surface area (Å²) < 4.78 is 26.0. The molecule has 1 fully saturated rings. The molecular weight excluding hydrogens is 256 g/mol. The molecule has 1 aromatic carbocycles. The summed E-state index contributed by atoms with van der Waals surface area (Å²) in [7, 11) is 0. The predicted octanol–water partition coefficient (Wildman–Crippen LogP) is 2.26. The maximum absolute atomic E-state index is 13.0. The molecule has 0 aromatic heterocycles. The highest BCUT2D eigenvalue weighted by molar-refractivity contribution is 5.97. The summed E-state index contributed by atoms with van der Waals surface area (Å²) in [6.07, 6.45) is -0.700. The average molecular weight is 269 g/mol. The molecule has 0 spiro atoms. The first kappa shape index (κ1) is 13.5. The zero-order valence-corrected chi connectivity index (χ0v) is 10.1. The molecule has 1 aromatic rings. The van der Waals surface area contributed by atoms with Gasteiger partial charge in [-0.15, -0.1) is 0 Å². The first-order valence-electron chi connectivity index (χ1n) is 5.89. The minimum absolute atomic E-state index is 0.00758. The van der Waals surface area contributed by atoms with E-state index in [4.69, 9.17) is 5.11 Å². The zero-order chi connectivity index (χ0) is 14.0. The SMILES string of the molecule is O=C(O)c1cccc(C(=O)N2CCC(F)(F)CC2)c1. The second kappa shape index (κ2) is 4.95. The fourth-order valence-corrected chi connectivity index (χ4v) is 2.00. The third kappa shape index (κ3) is 3.07. The monoisotopic (exact) mass is 269 g/mol. The van der Waals surface area contributed by atoms with Crippen LogP contribution < -0.4 is 0 Å². The van der Waals surface area contributed by atoms with Crippen LogP contribution in [0.25, 0.3) is 0 Å². The molecule has 19 heavy (non-hydrogen) atoms. The highest BCUT2D eigenvalue weighted by atomic mass is 19.3. The van der Waals surface area contributed by atoms with Gasteiger partial charge >= 0.3 is 5.97 Å². The number of aromatic carboxylic acids is 1. The van der Waals surface area contributed by atoms with E-state index in [0.29, 0.717) is 0 Å². The standard InChI is InChI=1S/C13H13F2NO3/c14-13(15)4-6-16(7-5-13)11(17)9-2-1-3-10(8-9)12(18)19/h1-3,8H,4-7H2,(H,18,19). The van der Waals surface area contributed by atoms with Crippen molar-refractivity contribution in [1.82, 2.24) is 4.90 Å². The molecule has 6 heteroatoms. The number of carboxylic acids is 1. The number of hydrogen-bond acceptors (Lipinski definition) is 2. The summed E-state index contributed by atoms with van der Waals surface area (Å²) in [5, 5.41) is 8.85. The van der Waals surface area contributed by atoms with Crippen molar-refractivity contribution in [2.75, 3.05) is 13.1 Å². The van der Waals surface area contributed by atoms with Crippen molar-refractivity contribution in [1.29, 1.82) is 0 Å². The van der Waals surface area contributed by atoms with Crippen LogP contribution in [0.1, 0.15) is 33.6 Å². The fraction of sp³-hybridized carbons (Fsp3) is 0.385. The summed E-state index contributed by atoms with van der Waals surface area (Å²) in [6, 6.07) is 5.59. The Labute approximate surface area is 108 Å². The van der Waals surface area contributed by atoms with Gasteiger partial charge in [-0.1, -0.05) is 6.07 Å². The number of carboxylic acid groups (broad SMARTS) is 1. The molecule has 1 N–H and O–H groups in total. The number of amides is 1. The normalized spacial score (nSPS) is 18.1. The van der Waals surface area contributed by atoms with Crippen molar-refractivity contribution < 1.29 is 23.5 Å². The number of nitrogens with zero attached hydrogens (tertiary/aromatic N) is 1. The van der Waals surface area contributed by atoms with Crippen molar-refractivity contribution in [2.24, 2.45) is 0 Å². The van der Waals surface area contributed by atoms with E-state index >= 15 is 0 Å². The molecule has 0 unspecified atom stereocenters. The predicted molar refractivity (Wildman–Crippen MR) is 63.5 cm³/mol. The zero-order valence-electron chi connectivity index (χ0n) is 10.1. The van der Waals surface area contributed by atoms with Crippen LogP contribution in [0.4, 0.5) is 8.78 Å². The Morgan fingerprint density at radius 2 is 1.74 bits per heavy atom. The van der Waals surface area contributed by atoms with Crippen LogP contribution in [0.5, 0.6) is 0 Å². The second-order valence-electron chi connectivity index (χ2n) is 4.53. The van der Waals surface area contributed by atoms with Crippen molar-refractivity contribution in [3.8, 4) is 0 Å². The van der Waals surface area contributed by atoms with Crippen molar-refractivity contribution in [3.63, 3.8) is 0 Å². The molecular formula is C13H13F2NO3. The Balaban J connectivity index is 2.12. The van der Waals surface area contributed by atoms with Gasteiger partial charge in [0.2, 0.25) is 0 Å². The smallest absolute Gasteiger partial charge is 0.335 e. The Bertz CT molecular complexity index is 506. The number of likely N-dealkylation sites (tertiary alicyclic amines) is 1. The van der Waals surface area contributed by atoms with Gasteiger partial charge < -0.3 is 10.0 Å². The van der Waals surface area contributed by atoms with Gasteiger partial charge in [-0.3, -0.25) is 4.79 Å². The average Bonchev–Trinajstić information content (AvgIpc) is 2.38. The third-order valence-corrected chi connectivity index (χ3v) is 3.14. The molecule has 4 nitrogen and oxygen atoms in total. The molecule has 0 aliphatic carbocycles. The lowest BCUT2D eigenvalue weighted by molar-refractivity contribution is -0.0494. The lowest BCUT2D eigenvalue weighted by Gasteiger charge is -2.31. The van der Waals surface area contributed by atoms with Gasteiger partial charge in [-0.2, -0.15) is 0 Å². The van der Waals surface area contributed by atoms with Crippen LogP contribution >= 0.6 is 0 Å². The van der Waals surface area contributed by atoms with E-state index in [1.807, 2.05) is 0 Å². The maximum atomic E-state index is 13.0. The van der Waals surface area contributed by atoms with Crippen molar-refractivity contribution >= 4 is 11.9 Å². The van der Waals surface area contributed by atoms with Gasteiger partial charge in [-0.05, 0) is 18.2 Å². The lowest BCUT2D eigenvalue weighted by Crippen LogP contribution is -2.42. The van der Waals surface area contributed by atoms with Crippen LogP contribution in [0.15, 0.2) is 24.3 Å². The minimum atomic E-state index is -2.71. The largest absolute Gasteiger partial charge is 0.478 e. The quantitative estimate of drug-likeness (QED) is 0.895. The topological polar surface area (TPSA) is 57.6 Å². The van der Waals surface area contributed by atoms with E-state index < -0.39 is 17.8 Å². The number of carbonyl (C=O) groups is 2. The first-order valence-corrected chi connectivity index (χ1v) is 5.89. The van der Waals surface area contributed by atoms with Crippen LogP contribution in [-0.4, -0.2) is 40.9 Å². The summed E-state index contributed by atoms with van der Waals surface area (Å²) in [5.74, 6) is -4.24. The Morgan fingerprint density at radius 3 is 2.32 bits per heavy atom. The van der Waals surface area contributed by atoms with E-state index in [1.165, 1.54) is 29.2 Å². The van der Waals surface area contributed by atoms with E-state index in [9.17, 15) is 18.4 Å². The van der Waals surface area contributed by atoms with Gasteiger partial charge in [0.1, 0.15) is 0 Å². The number of carbonyl (C=O) groups excluding carboxylic acids is 1. The van der Waals surface area contributed by atoms with Crippen LogP contribution in [0.2, 0.25) is 0 Å². The second-order valence-corrected chi connectivity index (χ2v) is 4.53. The molecule has 0 radical (unpaired) electrons. The molecule has 2 rings (SSSR count). The number of hydrogen-bond donors (Lipinski definition) is 1. The Kier molecular flexibility index (Phi) is 3.50. The van der Waals surface area contributed by atoms with Gasteiger partial charge in [0.15, 0.2) is 0 Å². The van der Waals surface area contributed by atoms with E-state index in [-0.39, 0.29) is 37.1 Å². The third-order valence-electron chi connectivity index (χ3n) is 3.14. The van der Waals surface area contributed by atoms with E-state index in [0.717, 1.165) is 0 Å². The Morgan fingerprint density at radius 1 is 1.16 bits per heavy atom. The molecule has 1 heterocycles. The number of halogens is 2. The van der Waals surface area contributed by atoms with Crippen molar-refractivity contribution in [3.05, 3.63) is 35.4 Å². The van der Waals surface area contributed by atoms with E-state index in [2.05, 4.69) is 0 Å². The first-order chi connectivity index (χ1) is 8.89. The molecule has 102 valence electrons. The number of rotatable bonds is 2. The highest BCUT2D eigenvalue weighted by Gasteiger charge is 2.35. The summed E-state index contributed by atoms with van der Waals surface area (Å²) in [6.45, 7) is -0.0216. The lowest BCUT2D eigenvalue weighted by atomic mass is 10.0. The van der Waals surface area contributed by atoms with Gasteiger partial charge in [0, 0.05) is 31.5 Å². The fourth-order valence-electron chi connectivity index (χ4n) is 2.00. The molecule has 1 saturated heterocycles. The maximum Gasteiger partial charge on any atom is 0.335 e. The number of benzene rings is 1. The molecule has 0 atom stereocenters. The molecule has 0 bridgehead atoms. The summed E-state index contributed by atoms with van der Waals surface area (Å²) in [5.41, 5.74) is 0.221. The van der Waals surface area contributed by atoms with Crippen LogP contribution in [0, 0.1) is 0 Å². The van der Waals surface area contributed by atoms with Gasteiger partial charge in [-0.25, -0.2) is 13.6 Å². The van der Waals surface area contributed by atoms with Gasteiger partial charge in [0.05, 0.1) is 5.56 Å². The minimum Gasteiger partial charge on any atom is -0.478 e. The van der Waals surface area contributed by atoms with E-state index in [1.54, 1.807) is 0 Å². The molecule has 1 aliphatic heterocycles. The van der Waals surface area contributed by atoms with Gasteiger partial charge in [0.25, 0.3) is 11.8 Å².